The fraction of sp³-hybridized carbons (Fsp3) is 0.200. The maximum Gasteiger partial charge on any atom is 0.118 e. The molecule has 3 aromatic rings. The standard InChI is InChI=1S/C15H14N6OS/c1-23(22)10-21-9-14(19-20-21)8-17-13-2-3-15-12(5-13)4-11(6-16)7-18-15/h2-5,7,9,17H,8,10H2,1H3. The van der Waals surface area contributed by atoms with Gasteiger partial charge in [0.05, 0.1) is 23.8 Å². The molecule has 1 N–H and O–H groups in total. The molecule has 0 saturated heterocycles. The monoisotopic (exact) mass is 326 g/mol. The maximum atomic E-state index is 11.2. The molecule has 7 nitrogen and oxygen atoms in total. The van der Waals surface area contributed by atoms with Crippen molar-refractivity contribution in [2.24, 2.45) is 0 Å². The zero-order valence-electron chi connectivity index (χ0n) is 12.4. The third-order valence-electron chi connectivity index (χ3n) is 3.18. The molecule has 0 amide bonds. The van der Waals surface area contributed by atoms with Crippen molar-refractivity contribution in [1.29, 1.82) is 5.26 Å². The molecule has 2 aromatic heterocycles. The second-order valence-corrected chi connectivity index (χ2v) is 6.45. The van der Waals surface area contributed by atoms with Gasteiger partial charge in [0, 0.05) is 34.3 Å². The highest BCUT2D eigenvalue weighted by atomic mass is 32.2. The summed E-state index contributed by atoms with van der Waals surface area (Å²) in [5.74, 6) is 0.339. The van der Waals surface area contributed by atoms with E-state index < -0.39 is 10.8 Å². The molecule has 0 aliphatic rings. The minimum Gasteiger partial charge on any atom is -0.379 e. The number of anilines is 1. The molecule has 23 heavy (non-hydrogen) atoms. The van der Waals surface area contributed by atoms with Gasteiger partial charge in [-0.1, -0.05) is 5.21 Å². The molecule has 1 atom stereocenters. The summed E-state index contributed by atoms with van der Waals surface area (Å²) in [5, 5.41) is 21.1. The number of nitriles is 1. The maximum absolute atomic E-state index is 11.2. The summed E-state index contributed by atoms with van der Waals surface area (Å²) in [6.07, 6.45) is 4.95. The van der Waals surface area contributed by atoms with Gasteiger partial charge in [-0.2, -0.15) is 5.26 Å². The molecule has 3 rings (SSSR count). The van der Waals surface area contributed by atoms with Crippen LogP contribution in [0.2, 0.25) is 0 Å². The molecule has 1 unspecified atom stereocenters. The Labute approximate surface area is 135 Å². The molecule has 0 aliphatic heterocycles. The quantitative estimate of drug-likeness (QED) is 0.766. The number of rotatable bonds is 5. The lowest BCUT2D eigenvalue weighted by molar-refractivity contribution is 0.650. The van der Waals surface area contributed by atoms with E-state index in [1.54, 1.807) is 29.4 Å². The second kappa shape index (κ2) is 6.54. The Hall–Kier alpha value is -2.79. The molecular weight excluding hydrogens is 312 g/mol. The van der Waals surface area contributed by atoms with Crippen LogP contribution in [0.5, 0.6) is 0 Å². The number of nitrogens with zero attached hydrogens (tertiary/aromatic N) is 5. The molecule has 2 heterocycles. The van der Waals surface area contributed by atoms with Crippen molar-refractivity contribution in [2.45, 2.75) is 12.4 Å². The lowest BCUT2D eigenvalue weighted by Crippen LogP contribution is -2.03. The van der Waals surface area contributed by atoms with Gasteiger partial charge >= 0.3 is 0 Å². The van der Waals surface area contributed by atoms with Gasteiger partial charge in [0.1, 0.15) is 17.6 Å². The average molecular weight is 326 g/mol. The summed E-state index contributed by atoms with van der Waals surface area (Å²) in [5.41, 5.74) is 3.04. The molecule has 0 radical (unpaired) electrons. The van der Waals surface area contributed by atoms with E-state index in [0.29, 0.717) is 18.0 Å². The van der Waals surface area contributed by atoms with E-state index in [2.05, 4.69) is 26.7 Å². The van der Waals surface area contributed by atoms with Crippen molar-refractivity contribution in [1.82, 2.24) is 20.0 Å². The largest absolute Gasteiger partial charge is 0.379 e. The Bertz CT molecular complexity index is 914. The molecule has 0 saturated carbocycles. The van der Waals surface area contributed by atoms with Gasteiger partial charge in [0.2, 0.25) is 0 Å². The van der Waals surface area contributed by atoms with Crippen LogP contribution in [-0.2, 0) is 23.2 Å². The number of benzene rings is 1. The number of hydrogen-bond donors (Lipinski definition) is 1. The molecule has 0 aliphatic carbocycles. The van der Waals surface area contributed by atoms with Gasteiger partial charge in [-0.25, -0.2) is 4.68 Å². The third-order valence-corrected chi connectivity index (χ3v) is 3.81. The number of fused-ring (bicyclic) bond motifs is 1. The third kappa shape index (κ3) is 3.70. The van der Waals surface area contributed by atoms with Crippen molar-refractivity contribution in [3.63, 3.8) is 0 Å². The summed E-state index contributed by atoms with van der Waals surface area (Å²) in [7, 11) is -0.955. The van der Waals surface area contributed by atoms with Gasteiger partial charge in [0.25, 0.3) is 0 Å². The highest BCUT2D eigenvalue weighted by Crippen LogP contribution is 2.19. The van der Waals surface area contributed by atoms with E-state index in [1.807, 2.05) is 18.2 Å². The first-order chi connectivity index (χ1) is 11.1. The van der Waals surface area contributed by atoms with Crippen LogP contribution in [0.15, 0.2) is 36.7 Å². The Kier molecular flexibility index (Phi) is 4.30. The number of aromatic nitrogens is 4. The SMILES string of the molecule is CS(=O)Cn1cc(CNc2ccc3ncc(C#N)cc3c2)nn1. The normalized spacial score (nSPS) is 12.0. The minimum absolute atomic E-state index is 0.339. The Morgan fingerprint density at radius 1 is 1.39 bits per heavy atom. The molecule has 1 aromatic carbocycles. The van der Waals surface area contributed by atoms with Crippen LogP contribution in [0.3, 0.4) is 0 Å². The van der Waals surface area contributed by atoms with Crippen molar-refractivity contribution in [2.75, 3.05) is 11.6 Å². The van der Waals surface area contributed by atoms with Crippen LogP contribution in [0.25, 0.3) is 10.9 Å². The molecule has 0 spiro atoms. The van der Waals surface area contributed by atoms with E-state index in [9.17, 15) is 4.21 Å². The van der Waals surface area contributed by atoms with Crippen molar-refractivity contribution >= 4 is 27.4 Å². The predicted octanol–water partition coefficient (Wildman–Crippen LogP) is 1.65. The van der Waals surface area contributed by atoms with E-state index >= 15 is 0 Å². The van der Waals surface area contributed by atoms with Gasteiger partial charge in [-0.05, 0) is 24.3 Å². The predicted molar refractivity (Wildman–Crippen MR) is 87.9 cm³/mol. The molecule has 0 bridgehead atoms. The summed E-state index contributed by atoms with van der Waals surface area (Å²) in [4.78, 5) is 4.24. The smallest absolute Gasteiger partial charge is 0.118 e. The summed E-state index contributed by atoms with van der Waals surface area (Å²) in [6, 6.07) is 9.65. The first-order valence-electron chi connectivity index (χ1n) is 6.87. The number of pyridine rings is 1. The average Bonchev–Trinajstić information content (AvgIpc) is 2.98. The van der Waals surface area contributed by atoms with Crippen molar-refractivity contribution < 1.29 is 4.21 Å². The molecular formula is C15H14N6OS. The van der Waals surface area contributed by atoms with Gasteiger partial charge in [-0.15, -0.1) is 5.10 Å². The van der Waals surface area contributed by atoms with E-state index in [0.717, 1.165) is 22.3 Å². The van der Waals surface area contributed by atoms with Crippen LogP contribution in [0.4, 0.5) is 5.69 Å². The van der Waals surface area contributed by atoms with E-state index in [4.69, 9.17) is 5.26 Å². The van der Waals surface area contributed by atoms with Crippen molar-refractivity contribution in [3.8, 4) is 6.07 Å². The Balaban J connectivity index is 1.72. The first kappa shape index (κ1) is 15.1. The molecule has 116 valence electrons. The number of hydrogen-bond acceptors (Lipinski definition) is 6. The summed E-state index contributed by atoms with van der Waals surface area (Å²) < 4.78 is 12.7. The van der Waals surface area contributed by atoms with Gasteiger partial charge in [-0.3, -0.25) is 9.19 Å². The lowest BCUT2D eigenvalue weighted by atomic mass is 10.1. The number of nitrogens with one attached hydrogen (secondary N) is 1. The molecule has 0 fully saturated rings. The zero-order valence-corrected chi connectivity index (χ0v) is 13.2. The van der Waals surface area contributed by atoms with Gasteiger partial charge < -0.3 is 5.32 Å². The zero-order chi connectivity index (χ0) is 16.2. The Morgan fingerprint density at radius 2 is 2.26 bits per heavy atom. The van der Waals surface area contributed by atoms with Crippen LogP contribution in [-0.4, -0.2) is 30.4 Å². The van der Waals surface area contributed by atoms with Gasteiger partial charge in [0.15, 0.2) is 0 Å². The fourth-order valence-electron chi connectivity index (χ4n) is 2.16. The summed E-state index contributed by atoms with van der Waals surface area (Å²) in [6.45, 7) is 0.507. The van der Waals surface area contributed by atoms with Crippen LogP contribution in [0.1, 0.15) is 11.3 Å². The minimum atomic E-state index is -0.955. The van der Waals surface area contributed by atoms with Crippen LogP contribution >= 0.6 is 0 Å². The fourth-order valence-corrected chi connectivity index (χ4v) is 2.66. The summed E-state index contributed by atoms with van der Waals surface area (Å²) >= 11 is 0. The van der Waals surface area contributed by atoms with E-state index in [1.165, 1.54) is 0 Å². The Morgan fingerprint density at radius 3 is 3.04 bits per heavy atom. The molecule has 8 heteroatoms. The highest BCUT2D eigenvalue weighted by molar-refractivity contribution is 7.83. The van der Waals surface area contributed by atoms with Crippen molar-refractivity contribution in [3.05, 3.63) is 47.9 Å². The lowest BCUT2D eigenvalue weighted by Gasteiger charge is -2.05. The topological polar surface area (TPSA) is 96.5 Å². The van der Waals surface area contributed by atoms with E-state index in [-0.39, 0.29) is 0 Å². The second-order valence-electron chi connectivity index (χ2n) is 5.05. The highest BCUT2D eigenvalue weighted by Gasteiger charge is 2.03. The van der Waals surface area contributed by atoms with Crippen LogP contribution in [0, 0.1) is 11.3 Å². The first-order valence-corrected chi connectivity index (χ1v) is 8.59. The van der Waals surface area contributed by atoms with Crippen LogP contribution < -0.4 is 5.32 Å².